The van der Waals surface area contributed by atoms with Crippen molar-refractivity contribution in [3.63, 3.8) is 0 Å². The number of nitrogens with zero attached hydrogens (tertiary/aromatic N) is 4. The highest BCUT2D eigenvalue weighted by Gasteiger charge is 2.16. The van der Waals surface area contributed by atoms with Crippen molar-refractivity contribution in [1.82, 2.24) is 0 Å². The summed E-state index contributed by atoms with van der Waals surface area (Å²) in [6.07, 6.45) is 6.33. The Bertz CT molecular complexity index is 1260. The molecule has 1 aliphatic carbocycles. The van der Waals surface area contributed by atoms with Crippen LogP contribution >= 0.6 is 0 Å². The second-order valence-corrected chi connectivity index (χ2v) is 8.41. The SMILES string of the molecule is c1ccc(N=Nc2ccc(N=Nc3c(NC4CCCCC4)ccc4ccccc34)cc2)cc1. The average molecular weight is 434 g/mol. The number of azo groups is 2. The molecule has 4 aromatic carbocycles. The first-order valence-corrected chi connectivity index (χ1v) is 11.6. The molecule has 0 bridgehead atoms. The average Bonchev–Trinajstić information content (AvgIpc) is 2.88. The Morgan fingerprint density at radius 2 is 1.15 bits per heavy atom. The molecule has 1 fully saturated rings. The van der Waals surface area contributed by atoms with Crippen LogP contribution in [0.3, 0.4) is 0 Å². The van der Waals surface area contributed by atoms with Gasteiger partial charge in [-0.05, 0) is 60.7 Å². The zero-order valence-corrected chi connectivity index (χ0v) is 18.6. The second-order valence-electron chi connectivity index (χ2n) is 8.41. The van der Waals surface area contributed by atoms with E-state index in [0.29, 0.717) is 6.04 Å². The summed E-state index contributed by atoms with van der Waals surface area (Å²) >= 11 is 0. The van der Waals surface area contributed by atoms with E-state index in [1.165, 1.54) is 32.1 Å². The molecular formula is C28H27N5. The van der Waals surface area contributed by atoms with Gasteiger partial charge in [-0.25, -0.2) is 0 Å². The van der Waals surface area contributed by atoms with Gasteiger partial charge in [0.25, 0.3) is 0 Å². The summed E-state index contributed by atoms with van der Waals surface area (Å²) in [7, 11) is 0. The third-order valence-electron chi connectivity index (χ3n) is 6.02. The fourth-order valence-corrected chi connectivity index (χ4v) is 4.25. The summed E-state index contributed by atoms with van der Waals surface area (Å²) in [5.74, 6) is 0. The number of anilines is 1. The molecule has 164 valence electrons. The molecule has 0 spiro atoms. The van der Waals surface area contributed by atoms with Crippen molar-refractivity contribution in [2.45, 2.75) is 38.1 Å². The van der Waals surface area contributed by atoms with Crippen LogP contribution in [0.4, 0.5) is 28.4 Å². The second kappa shape index (κ2) is 10.2. The molecule has 0 amide bonds. The van der Waals surface area contributed by atoms with Gasteiger partial charge in [-0.1, -0.05) is 67.8 Å². The predicted octanol–water partition coefficient (Wildman–Crippen LogP) is 9.42. The fraction of sp³-hybridized carbons (Fsp3) is 0.214. The molecule has 1 N–H and O–H groups in total. The summed E-state index contributed by atoms with van der Waals surface area (Å²) in [5, 5.41) is 23.8. The number of rotatable bonds is 6. The van der Waals surface area contributed by atoms with Crippen LogP contribution in [-0.2, 0) is 0 Å². The topological polar surface area (TPSA) is 61.5 Å². The Kier molecular flexibility index (Phi) is 6.48. The first kappa shape index (κ1) is 21.0. The highest BCUT2D eigenvalue weighted by Crippen LogP contribution is 2.37. The van der Waals surface area contributed by atoms with Crippen LogP contribution in [0.2, 0.25) is 0 Å². The zero-order chi connectivity index (χ0) is 22.3. The minimum absolute atomic E-state index is 0.503. The van der Waals surface area contributed by atoms with Gasteiger partial charge in [0.15, 0.2) is 0 Å². The van der Waals surface area contributed by atoms with Crippen LogP contribution in [0.1, 0.15) is 32.1 Å². The molecule has 1 saturated carbocycles. The number of fused-ring (bicyclic) bond motifs is 1. The molecule has 0 aromatic heterocycles. The molecule has 5 nitrogen and oxygen atoms in total. The third-order valence-corrected chi connectivity index (χ3v) is 6.02. The number of hydrogen-bond acceptors (Lipinski definition) is 5. The van der Waals surface area contributed by atoms with Crippen molar-refractivity contribution in [2.24, 2.45) is 20.5 Å². The first-order chi connectivity index (χ1) is 16.3. The van der Waals surface area contributed by atoms with Crippen molar-refractivity contribution in [3.05, 3.63) is 91.0 Å². The minimum Gasteiger partial charge on any atom is -0.380 e. The van der Waals surface area contributed by atoms with Crippen LogP contribution in [0.25, 0.3) is 10.8 Å². The standard InChI is InChI=1S/C28H27N5/c1-3-10-22(11-4-1)29-27-20-15-21-9-7-8-14-26(21)28(27)33-32-25-18-16-24(17-19-25)31-30-23-12-5-2-6-13-23/h2,5-9,12-20,22,29H,1,3-4,10-11H2. The van der Waals surface area contributed by atoms with E-state index in [4.69, 9.17) is 5.11 Å². The van der Waals surface area contributed by atoms with Crippen LogP contribution in [-0.4, -0.2) is 6.04 Å². The van der Waals surface area contributed by atoms with Gasteiger partial charge in [-0.15, -0.1) is 5.11 Å². The first-order valence-electron chi connectivity index (χ1n) is 11.6. The summed E-state index contributed by atoms with van der Waals surface area (Å²) in [6.45, 7) is 0. The van der Waals surface area contributed by atoms with E-state index < -0.39 is 0 Å². The van der Waals surface area contributed by atoms with Gasteiger partial charge in [0, 0.05) is 11.4 Å². The van der Waals surface area contributed by atoms with Gasteiger partial charge < -0.3 is 5.32 Å². The van der Waals surface area contributed by atoms with Crippen LogP contribution in [0.15, 0.2) is 111 Å². The number of benzene rings is 4. The summed E-state index contributed by atoms with van der Waals surface area (Å²) in [4.78, 5) is 0. The van der Waals surface area contributed by atoms with Crippen molar-refractivity contribution >= 4 is 39.2 Å². The molecule has 0 unspecified atom stereocenters. The Balaban J connectivity index is 1.38. The lowest BCUT2D eigenvalue weighted by atomic mass is 9.95. The van der Waals surface area contributed by atoms with E-state index in [1.807, 2.05) is 54.6 Å². The maximum absolute atomic E-state index is 4.70. The largest absolute Gasteiger partial charge is 0.380 e. The Labute approximate surface area is 194 Å². The predicted molar refractivity (Wildman–Crippen MR) is 136 cm³/mol. The van der Waals surface area contributed by atoms with E-state index >= 15 is 0 Å². The molecular weight excluding hydrogens is 406 g/mol. The van der Waals surface area contributed by atoms with Gasteiger partial charge in [0.2, 0.25) is 0 Å². The fourth-order valence-electron chi connectivity index (χ4n) is 4.25. The maximum Gasteiger partial charge on any atom is 0.117 e. The molecule has 0 atom stereocenters. The van der Waals surface area contributed by atoms with Gasteiger partial charge in [0.05, 0.1) is 22.7 Å². The Morgan fingerprint density at radius 1 is 0.545 bits per heavy atom. The Hall–Kier alpha value is -3.86. The molecule has 4 aromatic rings. The van der Waals surface area contributed by atoms with Crippen molar-refractivity contribution < 1.29 is 0 Å². The molecule has 5 heteroatoms. The monoisotopic (exact) mass is 433 g/mol. The molecule has 0 heterocycles. The van der Waals surface area contributed by atoms with E-state index in [0.717, 1.165) is 39.2 Å². The van der Waals surface area contributed by atoms with E-state index in [-0.39, 0.29) is 0 Å². The normalized spacial score (nSPS) is 14.9. The third kappa shape index (κ3) is 5.32. The molecule has 1 aliphatic rings. The van der Waals surface area contributed by atoms with Crippen LogP contribution in [0.5, 0.6) is 0 Å². The van der Waals surface area contributed by atoms with E-state index in [2.05, 4.69) is 57.1 Å². The number of nitrogens with one attached hydrogen (secondary N) is 1. The van der Waals surface area contributed by atoms with Crippen molar-refractivity contribution in [1.29, 1.82) is 0 Å². The van der Waals surface area contributed by atoms with Gasteiger partial charge in [-0.2, -0.15) is 15.3 Å². The summed E-state index contributed by atoms with van der Waals surface area (Å²) in [6, 6.07) is 30.5. The molecule has 0 radical (unpaired) electrons. The maximum atomic E-state index is 4.70. The van der Waals surface area contributed by atoms with Crippen LogP contribution in [0, 0.1) is 0 Å². The van der Waals surface area contributed by atoms with Gasteiger partial charge in [-0.3, -0.25) is 0 Å². The van der Waals surface area contributed by atoms with Gasteiger partial charge in [0.1, 0.15) is 5.69 Å². The molecule has 5 rings (SSSR count). The van der Waals surface area contributed by atoms with Crippen LogP contribution < -0.4 is 5.32 Å². The zero-order valence-electron chi connectivity index (χ0n) is 18.6. The Morgan fingerprint density at radius 3 is 1.88 bits per heavy atom. The highest BCUT2D eigenvalue weighted by molar-refractivity contribution is 5.98. The molecule has 33 heavy (non-hydrogen) atoms. The summed E-state index contributed by atoms with van der Waals surface area (Å²) in [5.41, 5.74) is 4.34. The highest BCUT2D eigenvalue weighted by atomic mass is 15.1. The van der Waals surface area contributed by atoms with Crippen molar-refractivity contribution in [3.8, 4) is 0 Å². The van der Waals surface area contributed by atoms with E-state index in [1.54, 1.807) is 0 Å². The van der Waals surface area contributed by atoms with Crippen molar-refractivity contribution in [2.75, 3.05) is 5.32 Å². The lowest BCUT2D eigenvalue weighted by Gasteiger charge is -2.24. The quantitative estimate of drug-likeness (QED) is 0.302. The minimum atomic E-state index is 0.503. The lowest BCUT2D eigenvalue weighted by Crippen LogP contribution is -2.22. The molecule has 0 saturated heterocycles. The van der Waals surface area contributed by atoms with E-state index in [9.17, 15) is 0 Å². The van der Waals surface area contributed by atoms with Gasteiger partial charge >= 0.3 is 0 Å². The smallest absolute Gasteiger partial charge is 0.117 e. The molecule has 0 aliphatic heterocycles. The lowest BCUT2D eigenvalue weighted by molar-refractivity contribution is 0.463. The number of hydrogen-bond donors (Lipinski definition) is 1. The summed E-state index contributed by atoms with van der Waals surface area (Å²) < 4.78 is 0.